The Balaban J connectivity index is 1.96. The fourth-order valence-electron chi connectivity index (χ4n) is 2.74. The smallest absolute Gasteiger partial charge is 0.308 e. The van der Waals surface area contributed by atoms with Crippen molar-refractivity contribution in [2.75, 3.05) is 6.54 Å². The van der Waals surface area contributed by atoms with Crippen molar-refractivity contribution in [2.24, 2.45) is 5.92 Å². The van der Waals surface area contributed by atoms with E-state index in [9.17, 15) is 14.0 Å². The third-order valence-electron chi connectivity index (χ3n) is 4.01. The maximum Gasteiger partial charge on any atom is 0.308 e. The molecule has 1 amide bonds. The molecule has 0 bridgehead atoms. The Labute approximate surface area is 131 Å². The van der Waals surface area contributed by atoms with Gasteiger partial charge in [0.05, 0.1) is 5.92 Å². The number of amides is 1. The summed E-state index contributed by atoms with van der Waals surface area (Å²) in [7, 11) is 0. The minimum absolute atomic E-state index is 0.0811. The topological polar surface area (TPSA) is 57.6 Å². The second-order valence-corrected chi connectivity index (χ2v) is 6.15. The summed E-state index contributed by atoms with van der Waals surface area (Å²) in [5.74, 6) is -1.76. The standard InChI is InChI=1S/C15H17BrFNO3/c1-9-12(15(20)21)6-7-18(9)14(19)5-2-10-8-11(17)3-4-13(10)16/h3-4,8-9,12H,2,5-7H2,1H3,(H,20,21). The summed E-state index contributed by atoms with van der Waals surface area (Å²) in [6.07, 6.45) is 1.17. The number of hydrogen-bond donors (Lipinski definition) is 1. The molecule has 1 N–H and O–H groups in total. The molecule has 1 aliphatic heterocycles. The minimum Gasteiger partial charge on any atom is -0.481 e. The zero-order chi connectivity index (χ0) is 15.6. The van der Waals surface area contributed by atoms with Crippen molar-refractivity contribution in [1.29, 1.82) is 0 Å². The number of hydrogen-bond acceptors (Lipinski definition) is 2. The third kappa shape index (κ3) is 3.61. The van der Waals surface area contributed by atoms with Crippen LogP contribution in [-0.2, 0) is 16.0 Å². The molecule has 0 saturated carbocycles. The van der Waals surface area contributed by atoms with Gasteiger partial charge in [-0.05, 0) is 43.5 Å². The highest BCUT2D eigenvalue weighted by molar-refractivity contribution is 9.10. The van der Waals surface area contributed by atoms with Crippen molar-refractivity contribution in [3.8, 4) is 0 Å². The fraction of sp³-hybridized carbons (Fsp3) is 0.467. The van der Waals surface area contributed by atoms with Crippen LogP contribution in [0.4, 0.5) is 4.39 Å². The highest BCUT2D eigenvalue weighted by atomic mass is 79.9. The SMILES string of the molecule is CC1C(C(=O)O)CCN1C(=O)CCc1cc(F)ccc1Br. The third-order valence-corrected chi connectivity index (χ3v) is 4.78. The second kappa shape index (κ2) is 6.56. The normalized spacial score (nSPS) is 21.6. The quantitative estimate of drug-likeness (QED) is 0.901. The van der Waals surface area contributed by atoms with Crippen molar-refractivity contribution < 1.29 is 19.1 Å². The van der Waals surface area contributed by atoms with E-state index in [0.29, 0.717) is 19.4 Å². The van der Waals surface area contributed by atoms with Gasteiger partial charge >= 0.3 is 5.97 Å². The maximum absolute atomic E-state index is 13.2. The van der Waals surface area contributed by atoms with E-state index in [2.05, 4.69) is 15.9 Å². The lowest BCUT2D eigenvalue weighted by Crippen LogP contribution is -2.37. The predicted octanol–water partition coefficient (Wildman–Crippen LogP) is 2.84. The molecule has 1 aromatic carbocycles. The average Bonchev–Trinajstić information content (AvgIpc) is 2.81. The lowest BCUT2D eigenvalue weighted by molar-refractivity contribution is -0.143. The van der Waals surface area contributed by atoms with E-state index in [1.165, 1.54) is 12.1 Å². The van der Waals surface area contributed by atoms with Crippen LogP contribution in [0.15, 0.2) is 22.7 Å². The van der Waals surface area contributed by atoms with E-state index < -0.39 is 11.9 Å². The van der Waals surface area contributed by atoms with Crippen LogP contribution < -0.4 is 0 Å². The molecule has 1 fully saturated rings. The van der Waals surface area contributed by atoms with Gasteiger partial charge in [-0.2, -0.15) is 0 Å². The lowest BCUT2D eigenvalue weighted by atomic mass is 10.0. The molecule has 0 aliphatic carbocycles. The second-order valence-electron chi connectivity index (χ2n) is 5.30. The van der Waals surface area contributed by atoms with Gasteiger partial charge in [-0.1, -0.05) is 15.9 Å². The number of carbonyl (C=O) groups is 2. The molecule has 2 rings (SSSR count). The molecule has 6 heteroatoms. The number of nitrogens with zero attached hydrogens (tertiary/aromatic N) is 1. The van der Waals surface area contributed by atoms with Crippen molar-refractivity contribution in [1.82, 2.24) is 4.90 Å². The summed E-state index contributed by atoms with van der Waals surface area (Å²) < 4.78 is 14.0. The Kier molecular flexibility index (Phi) is 4.98. The van der Waals surface area contributed by atoms with Crippen LogP contribution in [0.5, 0.6) is 0 Å². The van der Waals surface area contributed by atoms with Crippen LogP contribution in [0.25, 0.3) is 0 Å². The molecule has 0 spiro atoms. The number of rotatable bonds is 4. The molecule has 1 aromatic rings. The summed E-state index contributed by atoms with van der Waals surface area (Å²) in [5.41, 5.74) is 0.741. The highest BCUT2D eigenvalue weighted by Crippen LogP contribution is 2.26. The largest absolute Gasteiger partial charge is 0.481 e. The number of benzene rings is 1. The molecule has 0 radical (unpaired) electrons. The van der Waals surface area contributed by atoms with Gasteiger partial charge < -0.3 is 10.0 Å². The van der Waals surface area contributed by atoms with E-state index in [1.807, 2.05) is 0 Å². The van der Waals surface area contributed by atoms with Gasteiger partial charge in [0.15, 0.2) is 0 Å². The molecule has 1 heterocycles. The Morgan fingerprint density at radius 2 is 2.19 bits per heavy atom. The van der Waals surface area contributed by atoms with Crippen LogP contribution in [0.1, 0.15) is 25.3 Å². The summed E-state index contributed by atoms with van der Waals surface area (Å²) >= 11 is 3.34. The zero-order valence-corrected chi connectivity index (χ0v) is 13.3. The number of aliphatic carboxylic acids is 1. The Morgan fingerprint density at radius 1 is 1.48 bits per heavy atom. The van der Waals surface area contributed by atoms with Gasteiger partial charge in [0.2, 0.25) is 5.91 Å². The van der Waals surface area contributed by atoms with Gasteiger partial charge in [0, 0.05) is 23.5 Å². The summed E-state index contributed by atoms with van der Waals surface area (Å²) in [4.78, 5) is 24.9. The molecule has 4 nitrogen and oxygen atoms in total. The number of likely N-dealkylation sites (tertiary alicyclic amines) is 1. The number of aryl methyl sites for hydroxylation is 1. The Morgan fingerprint density at radius 3 is 2.81 bits per heavy atom. The summed E-state index contributed by atoms with van der Waals surface area (Å²) in [6, 6.07) is 4.10. The molecule has 2 unspecified atom stereocenters. The fourth-order valence-corrected chi connectivity index (χ4v) is 3.19. The van der Waals surface area contributed by atoms with Crippen LogP contribution in [0, 0.1) is 11.7 Å². The molecular weight excluding hydrogens is 341 g/mol. The number of carboxylic acids is 1. The van der Waals surface area contributed by atoms with Gasteiger partial charge in [-0.3, -0.25) is 9.59 Å². The van der Waals surface area contributed by atoms with E-state index in [4.69, 9.17) is 5.11 Å². The van der Waals surface area contributed by atoms with E-state index >= 15 is 0 Å². The highest BCUT2D eigenvalue weighted by Gasteiger charge is 2.37. The van der Waals surface area contributed by atoms with Crippen molar-refractivity contribution in [3.63, 3.8) is 0 Å². The number of carbonyl (C=O) groups excluding carboxylic acids is 1. The van der Waals surface area contributed by atoms with E-state index in [1.54, 1.807) is 17.9 Å². The first-order chi connectivity index (χ1) is 9.90. The first-order valence-corrected chi connectivity index (χ1v) is 7.65. The number of halogens is 2. The lowest BCUT2D eigenvalue weighted by Gasteiger charge is -2.23. The minimum atomic E-state index is -0.856. The Hall–Kier alpha value is -1.43. The first kappa shape index (κ1) is 15.9. The van der Waals surface area contributed by atoms with Gasteiger partial charge in [0.1, 0.15) is 5.82 Å². The van der Waals surface area contributed by atoms with Crippen LogP contribution >= 0.6 is 15.9 Å². The van der Waals surface area contributed by atoms with E-state index in [0.717, 1.165) is 10.0 Å². The van der Waals surface area contributed by atoms with Crippen molar-refractivity contribution in [3.05, 3.63) is 34.1 Å². The molecule has 1 saturated heterocycles. The van der Waals surface area contributed by atoms with Gasteiger partial charge in [-0.25, -0.2) is 4.39 Å². The zero-order valence-electron chi connectivity index (χ0n) is 11.7. The summed E-state index contributed by atoms with van der Waals surface area (Å²) in [5, 5.41) is 9.07. The maximum atomic E-state index is 13.2. The first-order valence-electron chi connectivity index (χ1n) is 6.86. The van der Waals surface area contributed by atoms with Crippen LogP contribution in [0.2, 0.25) is 0 Å². The van der Waals surface area contributed by atoms with Crippen molar-refractivity contribution >= 4 is 27.8 Å². The molecule has 0 aromatic heterocycles. The molecule has 1 aliphatic rings. The van der Waals surface area contributed by atoms with Gasteiger partial charge in [0.25, 0.3) is 0 Å². The molecule has 2 atom stereocenters. The Bertz CT molecular complexity index is 564. The van der Waals surface area contributed by atoms with Crippen LogP contribution in [-0.4, -0.2) is 34.5 Å². The molecule has 21 heavy (non-hydrogen) atoms. The van der Waals surface area contributed by atoms with Gasteiger partial charge in [-0.15, -0.1) is 0 Å². The number of carboxylic acid groups (broad SMARTS) is 1. The summed E-state index contributed by atoms with van der Waals surface area (Å²) in [6.45, 7) is 2.24. The van der Waals surface area contributed by atoms with Crippen molar-refractivity contribution in [2.45, 2.75) is 32.2 Å². The van der Waals surface area contributed by atoms with Crippen LogP contribution in [0.3, 0.4) is 0 Å². The molecule has 114 valence electrons. The monoisotopic (exact) mass is 357 g/mol. The predicted molar refractivity (Wildman–Crippen MR) is 79.3 cm³/mol. The average molecular weight is 358 g/mol. The molecular formula is C15H17BrFNO3. The van der Waals surface area contributed by atoms with E-state index in [-0.39, 0.29) is 24.2 Å².